The molecule has 2 aliphatic heterocycles. The minimum absolute atomic E-state index is 0.290. The average molecular weight is 409 g/mol. The van der Waals surface area contributed by atoms with Crippen LogP contribution in [0.15, 0.2) is 30.6 Å². The van der Waals surface area contributed by atoms with E-state index in [-0.39, 0.29) is 6.03 Å². The molecule has 2 amide bonds. The van der Waals surface area contributed by atoms with Crippen LogP contribution >= 0.6 is 0 Å². The number of pyridine rings is 1. The molecule has 0 saturated carbocycles. The molecule has 2 N–H and O–H groups in total. The smallest absolute Gasteiger partial charge is 0.327 e. The van der Waals surface area contributed by atoms with Gasteiger partial charge in [0.1, 0.15) is 11.3 Å². The second-order valence-corrected chi connectivity index (χ2v) is 7.96. The van der Waals surface area contributed by atoms with Crippen molar-refractivity contribution in [2.75, 3.05) is 41.3 Å². The normalized spacial score (nSPS) is 18.7. The fraction of sp³-hybridized carbons (Fsp3) is 0.381. The van der Waals surface area contributed by atoms with Gasteiger partial charge in [-0.2, -0.15) is 5.10 Å². The van der Waals surface area contributed by atoms with Gasteiger partial charge in [-0.05, 0) is 31.5 Å². The van der Waals surface area contributed by atoms with Crippen molar-refractivity contribution in [1.82, 2.24) is 20.1 Å². The van der Waals surface area contributed by atoms with E-state index in [0.29, 0.717) is 35.0 Å². The molecule has 1 fully saturated rings. The largest absolute Gasteiger partial charge is 0.368 e. The Morgan fingerprint density at radius 3 is 3.03 bits per heavy atom. The number of carbonyl (C=O) groups is 1. The number of hydrogen-bond acceptors (Lipinski definition) is 5. The van der Waals surface area contributed by atoms with Crippen LogP contribution in [-0.4, -0.2) is 53.0 Å². The third kappa shape index (κ3) is 3.24. The predicted octanol–water partition coefficient (Wildman–Crippen LogP) is 2.50. The van der Waals surface area contributed by atoms with Crippen LogP contribution in [0.25, 0.3) is 10.9 Å². The maximum Gasteiger partial charge on any atom is 0.327 e. The number of urea groups is 1. The average Bonchev–Trinajstić information content (AvgIpc) is 3.31. The second-order valence-electron chi connectivity index (χ2n) is 7.96. The molecule has 1 saturated heterocycles. The van der Waals surface area contributed by atoms with Gasteiger partial charge in [-0.3, -0.25) is 9.58 Å². The lowest BCUT2D eigenvalue weighted by atomic mass is 10.1. The number of fused-ring (bicyclic) bond motifs is 2. The Morgan fingerprint density at radius 2 is 2.20 bits per heavy atom. The van der Waals surface area contributed by atoms with Crippen LogP contribution in [0.3, 0.4) is 0 Å². The molecule has 0 unspecified atom stereocenters. The molecule has 0 radical (unpaired) electrons. The van der Waals surface area contributed by atoms with E-state index in [0.717, 1.165) is 37.3 Å². The maximum absolute atomic E-state index is 14.4. The van der Waals surface area contributed by atoms with Gasteiger partial charge in [0, 0.05) is 74.0 Å². The lowest BCUT2D eigenvalue weighted by Gasteiger charge is -2.34. The van der Waals surface area contributed by atoms with Crippen molar-refractivity contribution >= 4 is 34.1 Å². The number of amides is 2. The highest BCUT2D eigenvalue weighted by atomic mass is 19.1. The Balaban J connectivity index is 1.39. The number of anilines is 3. The monoisotopic (exact) mass is 409 g/mol. The number of carbonyl (C=O) groups excluding carboxylic acids is 1. The molecule has 3 aromatic rings. The summed E-state index contributed by atoms with van der Waals surface area (Å²) >= 11 is 0. The molecule has 8 nitrogen and oxygen atoms in total. The standard InChI is InChI=1S/C21H24FN7O/c1-13-11-28(8-6-23-13)18-3-5-24-20-16(18)4-7-29(20)21(30)25-15-9-14-12-27(2)26-19(14)17(22)10-15/h3,5,9-10,12-13,23H,4,6-8,11H2,1-2H3,(H,25,30)/t13-/m1/s1. The Labute approximate surface area is 173 Å². The van der Waals surface area contributed by atoms with Crippen molar-refractivity contribution in [2.45, 2.75) is 19.4 Å². The number of rotatable bonds is 2. The Hall–Kier alpha value is -3.20. The molecule has 1 atom stereocenters. The number of halogens is 1. The van der Waals surface area contributed by atoms with Crippen LogP contribution in [0.1, 0.15) is 12.5 Å². The minimum atomic E-state index is -0.460. The van der Waals surface area contributed by atoms with E-state index in [2.05, 4.69) is 32.5 Å². The highest BCUT2D eigenvalue weighted by Gasteiger charge is 2.30. The van der Waals surface area contributed by atoms with Gasteiger partial charge in [0.05, 0.1) is 0 Å². The van der Waals surface area contributed by atoms with Gasteiger partial charge in [-0.25, -0.2) is 14.2 Å². The zero-order chi connectivity index (χ0) is 20.8. The van der Waals surface area contributed by atoms with E-state index < -0.39 is 5.82 Å². The first-order chi connectivity index (χ1) is 14.5. The van der Waals surface area contributed by atoms with E-state index in [4.69, 9.17) is 0 Å². The molecule has 0 spiro atoms. The molecule has 30 heavy (non-hydrogen) atoms. The summed E-state index contributed by atoms with van der Waals surface area (Å²) in [4.78, 5) is 21.5. The highest BCUT2D eigenvalue weighted by molar-refractivity contribution is 6.03. The molecular weight excluding hydrogens is 385 g/mol. The van der Waals surface area contributed by atoms with Crippen LogP contribution in [0.4, 0.5) is 26.4 Å². The van der Waals surface area contributed by atoms with Gasteiger partial charge in [-0.15, -0.1) is 0 Å². The molecule has 1 aromatic carbocycles. The third-order valence-electron chi connectivity index (χ3n) is 5.73. The summed E-state index contributed by atoms with van der Waals surface area (Å²) in [6, 6.07) is 5.17. The summed E-state index contributed by atoms with van der Waals surface area (Å²) in [5.74, 6) is 0.220. The summed E-state index contributed by atoms with van der Waals surface area (Å²) in [6.07, 6.45) is 4.23. The number of piperazine rings is 1. The van der Waals surface area contributed by atoms with E-state index in [9.17, 15) is 9.18 Å². The molecular formula is C21H24FN7O. The first kappa shape index (κ1) is 18.8. The van der Waals surface area contributed by atoms with Gasteiger partial charge in [-0.1, -0.05) is 0 Å². The van der Waals surface area contributed by atoms with Crippen molar-refractivity contribution in [1.29, 1.82) is 0 Å². The van der Waals surface area contributed by atoms with Gasteiger partial charge in [0.2, 0.25) is 0 Å². The summed E-state index contributed by atoms with van der Waals surface area (Å²) in [6.45, 7) is 5.51. The zero-order valence-corrected chi connectivity index (χ0v) is 17.0. The number of aryl methyl sites for hydroxylation is 1. The third-order valence-corrected chi connectivity index (χ3v) is 5.73. The first-order valence-electron chi connectivity index (χ1n) is 10.2. The molecule has 5 rings (SSSR count). The quantitative estimate of drug-likeness (QED) is 0.680. The Bertz CT molecular complexity index is 1130. The summed E-state index contributed by atoms with van der Waals surface area (Å²) < 4.78 is 15.9. The van der Waals surface area contributed by atoms with Gasteiger partial charge < -0.3 is 15.5 Å². The van der Waals surface area contributed by atoms with E-state index in [1.165, 1.54) is 6.07 Å². The first-order valence-corrected chi connectivity index (χ1v) is 10.2. The molecule has 4 heterocycles. The van der Waals surface area contributed by atoms with Gasteiger partial charge >= 0.3 is 6.03 Å². The van der Waals surface area contributed by atoms with Crippen LogP contribution in [0.2, 0.25) is 0 Å². The highest BCUT2D eigenvalue weighted by Crippen LogP contribution is 2.34. The van der Waals surface area contributed by atoms with Crippen molar-refractivity contribution < 1.29 is 9.18 Å². The number of nitrogens with zero attached hydrogens (tertiary/aromatic N) is 5. The van der Waals surface area contributed by atoms with E-state index >= 15 is 0 Å². The van der Waals surface area contributed by atoms with Crippen molar-refractivity contribution in [3.63, 3.8) is 0 Å². The van der Waals surface area contributed by atoms with E-state index in [1.807, 2.05) is 6.07 Å². The van der Waals surface area contributed by atoms with Crippen molar-refractivity contribution in [3.05, 3.63) is 42.0 Å². The van der Waals surface area contributed by atoms with E-state index in [1.54, 1.807) is 35.1 Å². The number of nitrogens with one attached hydrogen (secondary N) is 2. The Morgan fingerprint density at radius 1 is 1.33 bits per heavy atom. The second kappa shape index (κ2) is 7.24. The van der Waals surface area contributed by atoms with Crippen LogP contribution in [0.5, 0.6) is 0 Å². The van der Waals surface area contributed by atoms with Crippen LogP contribution in [-0.2, 0) is 13.5 Å². The van der Waals surface area contributed by atoms with Crippen molar-refractivity contribution in [3.8, 4) is 0 Å². The fourth-order valence-electron chi connectivity index (χ4n) is 4.39. The molecule has 0 aliphatic carbocycles. The summed E-state index contributed by atoms with van der Waals surface area (Å²) in [5, 5.41) is 11.0. The summed E-state index contributed by atoms with van der Waals surface area (Å²) in [7, 11) is 1.74. The molecule has 2 aromatic heterocycles. The minimum Gasteiger partial charge on any atom is -0.368 e. The topological polar surface area (TPSA) is 78.3 Å². The van der Waals surface area contributed by atoms with Crippen molar-refractivity contribution in [2.24, 2.45) is 7.05 Å². The summed E-state index contributed by atoms with van der Waals surface area (Å²) in [5.41, 5.74) is 2.93. The maximum atomic E-state index is 14.4. The molecule has 156 valence electrons. The fourth-order valence-corrected chi connectivity index (χ4v) is 4.39. The predicted molar refractivity (Wildman–Crippen MR) is 115 cm³/mol. The number of aromatic nitrogens is 3. The molecule has 9 heteroatoms. The molecule has 2 aliphatic rings. The Kier molecular flexibility index (Phi) is 4.54. The van der Waals surface area contributed by atoms with Crippen LogP contribution < -0.4 is 20.4 Å². The number of benzene rings is 1. The zero-order valence-electron chi connectivity index (χ0n) is 17.0. The van der Waals surface area contributed by atoms with Gasteiger partial charge in [0.25, 0.3) is 0 Å². The number of hydrogen-bond donors (Lipinski definition) is 2. The lowest BCUT2D eigenvalue weighted by Crippen LogP contribution is -2.49. The van der Waals surface area contributed by atoms with Crippen LogP contribution in [0, 0.1) is 5.82 Å². The SMILES string of the molecule is C[C@@H]1CN(c2ccnc3c2CCN3C(=O)Nc2cc(F)c3nn(C)cc3c2)CCN1. The van der Waals surface area contributed by atoms with Gasteiger partial charge in [0.15, 0.2) is 5.82 Å². The lowest BCUT2D eigenvalue weighted by molar-refractivity contribution is 0.257. The molecule has 0 bridgehead atoms.